The number of nitrogens with zero attached hydrogens (tertiary/aromatic N) is 3. The zero-order chi connectivity index (χ0) is 23.4. The number of phenols is 1. The van der Waals surface area contributed by atoms with Gasteiger partial charge in [-0.1, -0.05) is 12.1 Å². The number of hydrogen-bond acceptors (Lipinski definition) is 6. The molecule has 172 valence electrons. The summed E-state index contributed by atoms with van der Waals surface area (Å²) >= 11 is 0. The Morgan fingerprint density at radius 2 is 1.97 bits per heavy atom. The third-order valence-electron chi connectivity index (χ3n) is 5.82. The molecular formula is C24H26N4O5. The molecule has 0 aliphatic carbocycles. The lowest BCUT2D eigenvalue weighted by molar-refractivity contribution is -0.128. The zero-order valence-electron chi connectivity index (χ0n) is 18.4. The molecule has 1 atom stereocenters. The topological polar surface area (TPSA) is 114 Å². The molecule has 2 amide bonds. The van der Waals surface area contributed by atoms with E-state index in [1.54, 1.807) is 42.3 Å². The summed E-state index contributed by atoms with van der Waals surface area (Å²) in [6.45, 7) is 1.64. The van der Waals surface area contributed by atoms with E-state index in [0.717, 1.165) is 5.56 Å². The van der Waals surface area contributed by atoms with Crippen LogP contribution in [-0.4, -0.2) is 58.2 Å². The van der Waals surface area contributed by atoms with Crippen LogP contribution < -0.4 is 10.9 Å². The second-order valence-corrected chi connectivity index (χ2v) is 8.11. The molecule has 4 rings (SSSR count). The Bertz CT molecular complexity index is 1220. The van der Waals surface area contributed by atoms with Crippen molar-refractivity contribution in [2.75, 3.05) is 32.1 Å². The molecule has 9 nitrogen and oxygen atoms in total. The average Bonchev–Trinajstić information content (AvgIpc) is 3.19. The summed E-state index contributed by atoms with van der Waals surface area (Å²) in [5, 5.41) is 12.6. The fourth-order valence-corrected chi connectivity index (χ4v) is 3.92. The highest BCUT2D eigenvalue weighted by Crippen LogP contribution is 2.22. The summed E-state index contributed by atoms with van der Waals surface area (Å²) in [6.07, 6.45) is 2.28. The van der Waals surface area contributed by atoms with Crippen molar-refractivity contribution in [3.63, 3.8) is 0 Å². The van der Waals surface area contributed by atoms with Crippen molar-refractivity contribution in [1.29, 1.82) is 0 Å². The predicted octanol–water partition coefficient (Wildman–Crippen LogP) is 1.78. The second kappa shape index (κ2) is 9.83. The number of anilines is 1. The molecule has 1 aromatic heterocycles. The summed E-state index contributed by atoms with van der Waals surface area (Å²) in [6, 6.07) is 11.9. The van der Waals surface area contributed by atoms with E-state index in [0.29, 0.717) is 49.3 Å². The van der Waals surface area contributed by atoms with Crippen LogP contribution in [0.2, 0.25) is 0 Å². The van der Waals surface area contributed by atoms with Gasteiger partial charge in [0, 0.05) is 32.3 Å². The maximum Gasteiger partial charge on any atom is 0.261 e. The summed E-state index contributed by atoms with van der Waals surface area (Å²) in [7, 11) is 1.56. The first kappa shape index (κ1) is 22.5. The highest BCUT2D eigenvalue weighted by atomic mass is 16.5. The first-order valence-electron chi connectivity index (χ1n) is 10.8. The van der Waals surface area contributed by atoms with E-state index < -0.39 is 5.92 Å². The third-order valence-corrected chi connectivity index (χ3v) is 5.82. The molecule has 2 heterocycles. The molecule has 9 heteroatoms. The number of hydrogen-bond donors (Lipinski definition) is 2. The fraction of sp³-hybridized carbons (Fsp3) is 0.333. The van der Waals surface area contributed by atoms with Crippen LogP contribution in [0.4, 0.5) is 5.69 Å². The number of amides is 2. The molecule has 0 saturated carbocycles. The molecule has 3 aromatic rings. The van der Waals surface area contributed by atoms with Gasteiger partial charge < -0.3 is 20.1 Å². The van der Waals surface area contributed by atoms with E-state index in [1.807, 2.05) is 12.1 Å². The number of methoxy groups -OCH3 is 1. The smallest absolute Gasteiger partial charge is 0.261 e. The number of likely N-dealkylation sites (tertiary alicyclic amines) is 1. The van der Waals surface area contributed by atoms with E-state index in [-0.39, 0.29) is 29.5 Å². The van der Waals surface area contributed by atoms with Gasteiger partial charge in [0.25, 0.3) is 5.56 Å². The van der Waals surface area contributed by atoms with Crippen molar-refractivity contribution in [2.24, 2.45) is 5.92 Å². The van der Waals surface area contributed by atoms with Crippen LogP contribution in [0.1, 0.15) is 12.0 Å². The van der Waals surface area contributed by atoms with Crippen molar-refractivity contribution in [1.82, 2.24) is 14.5 Å². The van der Waals surface area contributed by atoms with Crippen LogP contribution in [0.5, 0.6) is 5.75 Å². The molecule has 2 N–H and O–H groups in total. The first-order chi connectivity index (χ1) is 15.9. The number of benzene rings is 2. The molecular weight excluding hydrogens is 424 g/mol. The summed E-state index contributed by atoms with van der Waals surface area (Å²) in [5.41, 5.74) is 1.84. The molecule has 2 aromatic carbocycles. The average molecular weight is 450 g/mol. The zero-order valence-corrected chi connectivity index (χ0v) is 18.4. The number of aromatic hydroxyl groups is 1. The Labute approximate surface area is 190 Å². The van der Waals surface area contributed by atoms with Crippen molar-refractivity contribution < 1.29 is 19.4 Å². The maximum atomic E-state index is 12.8. The largest absolute Gasteiger partial charge is 0.508 e. The van der Waals surface area contributed by atoms with Gasteiger partial charge in [0.1, 0.15) is 5.75 Å². The van der Waals surface area contributed by atoms with Gasteiger partial charge in [0.2, 0.25) is 11.8 Å². The van der Waals surface area contributed by atoms with E-state index in [1.165, 1.54) is 10.9 Å². The van der Waals surface area contributed by atoms with Crippen LogP contribution in [0.15, 0.2) is 53.6 Å². The number of nitrogens with one attached hydrogen (secondary N) is 1. The van der Waals surface area contributed by atoms with Crippen molar-refractivity contribution in [2.45, 2.75) is 19.4 Å². The first-order valence-corrected chi connectivity index (χ1v) is 10.8. The number of ether oxygens (including phenoxy) is 1. The Morgan fingerprint density at radius 1 is 1.18 bits per heavy atom. The molecule has 0 bridgehead atoms. The predicted molar refractivity (Wildman–Crippen MR) is 123 cm³/mol. The van der Waals surface area contributed by atoms with Gasteiger partial charge in [-0.15, -0.1) is 0 Å². The van der Waals surface area contributed by atoms with Crippen LogP contribution in [0.3, 0.4) is 0 Å². The monoisotopic (exact) mass is 450 g/mol. The van der Waals surface area contributed by atoms with Crippen LogP contribution in [0.25, 0.3) is 10.9 Å². The quantitative estimate of drug-likeness (QED) is 0.541. The highest BCUT2D eigenvalue weighted by molar-refractivity contribution is 5.98. The van der Waals surface area contributed by atoms with Crippen molar-refractivity contribution in [3.8, 4) is 5.75 Å². The molecule has 1 aliphatic rings. The molecule has 1 saturated heterocycles. The lowest BCUT2D eigenvalue weighted by Crippen LogP contribution is -2.30. The van der Waals surface area contributed by atoms with Gasteiger partial charge in [-0.3, -0.25) is 19.0 Å². The molecule has 33 heavy (non-hydrogen) atoms. The highest BCUT2D eigenvalue weighted by Gasteiger charge is 2.34. The van der Waals surface area contributed by atoms with Crippen molar-refractivity contribution >= 4 is 28.4 Å². The minimum Gasteiger partial charge on any atom is -0.508 e. The van der Waals surface area contributed by atoms with Crippen LogP contribution in [0, 0.1) is 5.92 Å². The third kappa shape index (κ3) is 5.20. The SMILES string of the molecule is COCCn1cnc2ccc(NC(=O)[C@@H]3CC(=O)N(CCc4ccc(O)cc4)C3)cc2c1=O. The van der Waals surface area contributed by atoms with E-state index in [9.17, 15) is 19.5 Å². The van der Waals surface area contributed by atoms with Gasteiger partial charge in [0.15, 0.2) is 0 Å². The minimum absolute atomic E-state index is 0.0577. The van der Waals surface area contributed by atoms with E-state index in [2.05, 4.69) is 10.3 Å². The van der Waals surface area contributed by atoms with Gasteiger partial charge >= 0.3 is 0 Å². The molecule has 0 unspecified atom stereocenters. The maximum absolute atomic E-state index is 12.8. The second-order valence-electron chi connectivity index (χ2n) is 8.11. The number of carbonyl (C=O) groups is 2. The van der Waals surface area contributed by atoms with Gasteiger partial charge in [-0.25, -0.2) is 4.98 Å². The van der Waals surface area contributed by atoms with Crippen LogP contribution >= 0.6 is 0 Å². The molecule has 0 spiro atoms. The molecule has 1 aliphatic heterocycles. The Hall–Kier alpha value is -3.72. The lowest BCUT2D eigenvalue weighted by Gasteiger charge is -2.16. The van der Waals surface area contributed by atoms with E-state index in [4.69, 9.17) is 4.74 Å². The minimum atomic E-state index is -0.458. The summed E-state index contributed by atoms with van der Waals surface area (Å²) < 4.78 is 6.50. The standard InChI is InChI=1S/C24H26N4O5/c1-33-11-10-28-15-25-21-7-4-18(13-20(21)24(28)32)26-23(31)17-12-22(30)27(14-17)9-8-16-2-5-19(29)6-3-16/h2-7,13,15,17,29H,8-12,14H2,1H3,(H,26,31)/t17-/m1/s1. The fourth-order valence-electron chi connectivity index (χ4n) is 3.92. The summed E-state index contributed by atoms with van der Waals surface area (Å²) in [5.74, 6) is -0.567. The van der Waals surface area contributed by atoms with Gasteiger partial charge in [-0.05, 0) is 42.3 Å². The Kier molecular flexibility index (Phi) is 6.69. The number of carbonyl (C=O) groups excluding carboxylic acids is 2. The Balaban J connectivity index is 1.40. The number of phenolic OH excluding ortho intramolecular Hbond substituents is 1. The van der Waals surface area contributed by atoms with Crippen molar-refractivity contribution in [3.05, 3.63) is 64.7 Å². The normalized spacial score (nSPS) is 15.8. The van der Waals surface area contributed by atoms with E-state index >= 15 is 0 Å². The van der Waals surface area contributed by atoms with Gasteiger partial charge in [-0.2, -0.15) is 0 Å². The van der Waals surface area contributed by atoms with Crippen LogP contribution in [-0.2, 0) is 27.3 Å². The van der Waals surface area contributed by atoms with Gasteiger partial charge in [0.05, 0.1) is 36.3 Å². The summed E-state index contributed by atoms with van der Waals surface area (Å²) in [4.78, 5) is 43.9. The number of fused-ring (bicyclic) bond motifs is 1. The molecule has 0 radical (unpaired) electrons. The molecule has 1 fully saturated rings. The number of rotatable bonds is 8. The Morgan fingerprint density at radius 3 is 2.73 bits per heavy atom. The lowest BCUT2D eigenvalue weighted by atomic mass is 10.1. The number of aromatic nitrogens is 2.